The predicted molar refractivity (Wildman–Crippen MR) is 89.6 cm³/mol. The van der Waals surface area contributed by atoms with E-state index < -0.39 is 6.61 Å². The van der Waals surface area contributed by atoms with Crippen LogP contribution in [0.1, 0.15) is 11.1 Å². The van der Waals surface area contributed by atoms with Crippen molar-refractivity contribution in [3.63, 3.8) is 0 Å². The van der Waals surface area contributed by atoms with Gasteiger partial charge in [0.25, 0.3) is 0 Å². The quantitative estimate of drug-likeness (QED) is 0.475. The highest BCUT2D eigenvalue weighted by molar-refractivity contribution is 7.80. The Bertz CT molecular complexity index is 691. The van der Waals surface area contributed by atoms with Gasteiger partial charge in [-0.3, -0.25) is 5.43 Å². The van der Waals surface area contributed by atoms with Crippen molar-refractivity contribution >= 4 is 23.5 Å². The van der Waals surface area contributed by atoms with Crippen LogP contribution in [0.3, 0.4) is 0 Å². The van der Waals surface area contributed by atoms with E-state index in [1.165, 1.54) is 30.5 Å². The van der Waals surface area contributed by atoms with Crippen molar-refractivity contribution in [2.45, 2.75) is 13.2 Å². The predicted octanol–water partition coefficient (Wildman–Crippen LogP) is 3.43. The average Bonchev–Trinajstić information content (AvgIpc) is 2.55. The number of hydrogen-bond donors (Lipinski definition) is 2. The van der Waals surface area contributed by atoms with Gasteiger partial charge in [0.15, 0.2) is 5.11 Å². The van der Waals surface area contributed by atoms with Crippen LogP contribution in [0.25, 0.3) is 0 Å². The minimum Gasteiger partial charge on any atom is -0.435 e. The lowest BCUT2D eigenvalue weighted by Crippen LogP contribution is -2.31. The van der Waals surface area contributed by atoms with Gasteiger partial charge in [0.05, 0.1) is 6.21 Å². The fourth-order valence-corrected chi connectivity index (χ4v) is 1.85. The maximum absolute atomic E-state index is 12.8. The van der Waals surface area contributed by atoms with E-state index in [1.807, 2.05) is 0 Å². The third kappa shape index (κ3) is 6.25. The van der Waals surface area contributed by atoms with Crippen LogP contribution in [0.4, 0.5) is 13.2 Å². The van der Waals surface area contributed by atoms with Gasteiger partial charge >= 0.3 is 6.61 Å². The molecular formula is C16H14F3N3OS. The maximum atomic E-state index is 12.8. The molecule has 0 amide bonds. The Morgan fingerprint density at radius 2 is 1.79 bits per heavy atom. The zero-order valence-corrected chi connectivity index (χ0v) is 13.2. The number of ether oxygens (including phenoxy) is 1. The first-order chi connectivity index (χ1) is 11.5. The van der Waals surface area contributed by atoms with Gasteiger partial charge in [-0.05, 0) is 59.7 Å². The standard InChI is InChI=1S/C16H14F3N3OS/c17-13-5-1-11(2-6-13)9-20-16(24)22-21-10-12-3-7-14(8-4-12)23-15(18)19/h1-8,10,15H,9H2,(H2,20,22,24)/b21-10-. The molecule has 0 atom stereocenters. The van der Waals surface area contributed by atoms with Crippen molar-refractivity contribution in [1.29, 1.82) is 0 Å². The Morgan fingerprint density at radius 1 is 1.12 bits per heavy atom. The molecule has 0 aliphatic heterocycles. The van der Waals surface area contributed by atoms with Gasteiger partial charge in [-0.25, -0.2) is 4.39 Å². The number of hydrazone groups is 1. The van der Waals surface area contributed by atoms with Gasteiger partial charge in [-0.2, -0.15) is 13.9 Å². The van der Waals surface area contributed by atoms with E-state index in [1.54, 1.807) is 24.3 Å². The molecule has 2 aromatic carbocycles. The van der Waals surface area contributed by atoms with E-state index in [0.29, 0.717) is 17.2 Å². The smallest absolute Gasteiger partial charge is 0.387 e. The van der Waals surface area contributed by atoms with Crippen LogP contribution >= 0.6 is 12.2 Å². The average molecular weight is 353 g/mol. The first-order valence-electron chi connectivity index (χ1n) is 6.89. The molecule has 0 bridgehead atoms. The van der Waals surface area contributed by atoms with Crippen LogP contribution in [0.2, 0.25) is 0 Å². The van der Waals surface area contributed by atoms with Crippen molar-refractivity contribution < 1.29 is 17.9 Å². The molecule has 0 spiro atoms. The third-order valence-corrected chi connectivity index (χ3v) is 3.09. The van der Waals surface area contributed by atoms with Crippen molar-refractivity contribution in [3.05, 3.63) is 65.5 Å². The summed E-state index contributed by atoms with van der Waals surface area (Å²) in [4.78, 5) is 0. The highest BCUT2D eigenvalue weighted by atomic mass is 32.1. The highest BCUT2D eigenvalue weighted by Gasteiger charge is 2.03. The van der Waals surface area contributed by atoms with Gasteiger partial charge in [-0.1, -0.05) is 12.1 Å². The van der Waals surface area contributed by atoms with E-state index in [9.17, 15) is 13.2 Å². The molecule has 8 heteroatoms. The van der Waals surface area contributed by atoms with Crippen molar-refractivity contribution in [2.24, 2.45) is 5.10 Å². The van der Waals surface area contributed by atoms with Crippen LogP contribution in [-0.2, 0) is 6.54 Å². The minimum atomic E-state index is -2.85. The first kappa shape index (κ1) is 17.7. The topological polar surface area (TPSA) is 45.7 Å². The first-order valence-corrected chi connectivity index (χ1v) is 7.30. The Hall–Kier alpha value is -2.61. The molecule has 0 heterocycles. The summed E-state index contributed by atoms with van der Waals surface area (Å²) in [7, 11) is 0. The summed E-state index contributed by atoms with van der Waals surface area (Å²) in [6.07, 6.45) is 1.48. The second-order valence-corrected chi connectivity index (χ2v) is 5.03. The molecule has 0 aliphatic carbocycles. The summed E-state index contributed by atoms with van der Waals surface area (Å²) in [6.45, 7) is -2.42. The summed E-state index contributed by atoms with van der Waals surface area (Å²) in [5.41, 5.74) is 4.18. The van der Waals surface area contributed by atoms with E-state index in [2.05, 4.69) is 20.6 Å². The monoisotopic (exact) mass is 353 g/mol. The number of hydrogen-bond acceptors (Lipinski definition) is 3. The molecule has 0 aliphatic rings. The lowest BCUT2D eigenvalue weighted by Gasteiger charge is -2.07. The SMILES string of the molecule is Fc1ccc(CNC(=S)N/N=C\c2ccc(OC(F)F)cc2)cc1. The summed E-state index contributed by atoms with van der Waals surface area (Å²) in [6, 6.07) is 12.0. The molecule has 2 rings (SSSR count). The number of thiocarbonyl (C=S) groups is 1. The summed E-state index contributed by atoms with van der Waals surface area (Å²) < 4.78 is 41.1. The summed E-state index contributed by atoms with van der Waals surface area (Å²) in [5.74, 6) is -0.222. The molecule has 0 radical (unpaired) electrons. The van der Waals surface area contributed by atoms with E-state index in [0.717, 1.165) is 5.56 Å². The van der Waals surface area contributed by atoms with Crippen LogP contribution in [0.5, 0.6) is 5.75 Å². The molecule has 0 fully saturated rings. The van der Waals surface area contributed by atoms with Gasteiger partial charge < -0.3 is 10.1 Å². The normalized spacial score (nSPS) is 10.8. The highest BCUT2D eigenvalue weighted by Crippen LogP contribution is 2.13. The van der Waals surface area contributed by atoms with Crippen molar-refractivity contribution in [2.75, 3.05) is 0 Å². The molecule has 0 aromatic heterocycles. The van der Waals surface area contributed by atoms with Crippen LogP contribution in [-0.4, -0.2) is 17.9 Å². The summed E-state index contributed by atoms with van der Waals surface area (Å²) >= 11 is 5.05. The number of nitrogens with one attached hydrogen (secondary N) is 2. The van der Waals surface area contributed by atoms with Gasteiger partial charge in [0.2, 0.25) is 0 Å². The molecule has 2 aromatic rings. The molecule has 0 unspecified atom stereocenters. The fraction of sp³-hybridized carbons (Fsp3) is 0.125. The largest absolute Gasteiger partial charge is 0.435 e. The molecule has 24 heavy (non-hydrogen) atoms. The molecule has 2 N–H and O–H groups in total. The second kappa shape index (κ2) is 8.88. The number of rotatable bonds is 6. The van der Waals surface area contributed by atoms with E-state index in [4.69, 9.17) is 12.2 Å². The minimum absolute atomic E-state index is 0.0756. The molecule has 4 nitrogen and oxygen atoms in total. The zero-order chi connectivity index (χ0) is 17.4. The molecular weight excluding hydrogens is 339 g/mol. The van der Waals surface area contributed by atoms with Crippen LogP contribution in [0.15, 0.2) is 53.6 Å². The molecule has 0 saturated carbocycles. The number of halogens is 3. The van der Waals surface area contributed by atoms with Crippen LogP contribution in [0, 0.1) is 5.82 Å². The Morgan fingerprint density at radius 3 is 2.42 bits per heavy atom. The van der Waals surface area contributed by atoms with E-state index in [-0.39, 0.29) is 11.6 Å². The van der Waals surface area contributed by atoms with Crippen LogP contribution < -0.4 is 15.5 Å². The molecule has 0 saturated heterocycles. The Labute approximate surface area is 142 Å². The van der Waals surface area contributed by atoms with Crippen molar-refractivity contribution in [3.8, 4) is 5.75 Å². The number of nitrogens with zero attached hydrogens (tertiary/aromatic N) is 1. The lowest BCUT2D eigenvalue weighted by molar-refractivity contribution is -0.0498. The number of alkyl halides is 2. The Kier molecular flexibility index (Phi) is 6.56. The third-order valence-electron chi connectivity index (χ3n) is 2.85. The van der Waals surface area contributed by atoms with Gasteiger partial charge in [0, 0.05) is 6.54 Å². The zero-order valence-electron chi connectivity index (χ0n) is 12.4. The van der Waals surface area contributed by atoms with E-state index >= 15 is 0 Å². The molecule has 126 valence electrons. The fourth-order valence-electron chi connectivity index (χ4n) is 1.72. The lowest BCUT2D eigenvalue weighted by atomic mass is 10.2. The maximum Gasteiger partial charge on any atom is 0.387 e. The van der Waals surface area contributed by atoms with Gasteiger partial charge in [0.1, 0.15) is 11.6 Å². The van der Waals surface area contributed by atoms with Crippen molar-refractivity contribution in [1.82, 2.24) is 10.7 Å². The summed E-state index contributed by atoms with van der Waals surface area (Å²) in [5, 5.41) is 7.15. The number of benzene rings is 2. The second-order valence-electron chi connectivity index (χ2n) is 4.63. The van der Waals surface area contributed by atoms with Gasteiger partial charge in [-0.15, -0.1) is 0 Å². The Balaban J connectivity index is 1.76.